The number of hydrogen-bond acceptors (Lipinski definition) is 6. The molecular weight excluding hydrogens is 320 g/mol. The van der Waals surface area contributed by atoms with Crippen molar-refractivity contribution in [1.29, 1.82) is 0 Å². The molecule has 1 aliphatic heterocycles. The minimum atomic E-state index is -0.532. The van der Waals surface area contributed by atoms with Gasteiger partial charge in [0, 0.05) is 26.2 Å². The number of ether oxygens (including phenoxy) is 3. The van der Waals surface area contributed by atoms with Gasteiger partial charge in [-0.3, -0.25) is 4.90 Å². The van der Waals surface area contributed by atoms with Crippen LogP contribution in [0.25, 0.3) is 0 Å². The van der Waals surface area contributed by atoms with E-state index >= 15 is 0 Å². The third-order valence-corrected chi connectivity index (χ3v) is 4.11. The van der Waals surface area contributed by atoms with Crippen molar-refractivity contribution in [3.63, 3.8) is 0 Å². The quantitative estimate of drug-likeness (QED) is 0.666. The summed E-state index contributed by atoms with van der Waals surface area (Å²) in [7, 11) is 1.64. The van der Waals surface area contributed by atoms with Crippen LogP contribution in [0.5, 0.6) is 11.5 Å². The summed E-state index contributed by atoms with van der Waals surface area (Å²) in [6.45, 7) is 10.2. The minimum absolute atomic E-state index is 0.249. The van der Waals surface area contributed by atoms with E-state index in [2.05, 4.69) is 24.1 Å². The highest BCUT2D eigenvalue weighted by Gasteiger charge is 2.16. The molecule has 1 aromatic carbocycles. The molecule has 2 N–H and O–H groups in total. The van der Waals surface area contributed by atoms with Gasteiger partial charge in [-0.1, -0.05) is 19.9 Å². The number of rotatable bonds is 10. The zero-order valence-corrected chi connectivity index (χ0v) is 15.7. The highest BCUT2D eigenvalue weighted by molar-refractivity contribution is 5.43. The SMILES string of the molecule is COc1cc(CNCC(C)C)ccc1OC[C@@H](O)CN1CCOCC1. The van der Waals surface area contributed by atoms with Crippen molar-refractivity contribution >= 4 is 0 Å². The summed E-state index contributed by atoms with van der Waals surface area (Å²) in [5.41, 5.74) is 1.15. The normalized spacial score (nSPS) is 16.8. The Kier molecular flexibility index (Phi) is 8.48. The van der Waals surface area contributed by atoms with Crippen molar-refractivity contribution < 1.29 is 19.3 Å². The third kappa shape index (κ3) is 7.20. The Balaban J connectivity index is 1.81. The molecule has 0 amide bonds. The van der Waals surface area contributed by atoms with Crippen LogP contribution in [-0.4, -0.2) is 69.2 Å². The standard InChI is InChI=1S/C19H32N2O4/c1-15(2)11-20-12-16-4-5-18(19(10-16)23-3)25-14-17(22)13-21-6-8-24-9-7-21/h4-5,10,15,17,20,22H,6-9,11-14H2,1-3H3/t17-/m0/s1. The molecular formula is C19H32N2O4. The number of aliphatic hydroxyl groups excluding tert-OH is 1. The fraction of sp³-hybridized carbons (Fsp3) is 0.684. The van der Waals surface area contributed by atoms with Crippen LogP contribution >= 0.6 is 0 Å². The summed E-state index contributed by atoms with van der Waals surface area (Å²) < 4.78 is 16.5. The maximum absolute atomic E-state index is 10.2. The van der Waals surface area contributed by atoms with E-state index in [1.54, 1.807) is 7.11 Å². The van der Waals surface area contributed by atoms with Gasteiger partial charge >= 0.3 is 0 Å². The van der Waals surface area contributed by atoms with Gasteiger partial charge in [-0.15, -0.1) is 0 Å². The van der Waals surface area contributed by atoms with Crippen LogP contribution in [0.1, 0.15) is 19.4 Å². The van der Waals surface area contributed by atoms with E-state index in [0.717, 1.165) is 45.0 Å². The van der Waals surface area contributed by atoms with Gasteiger partial charge in [0.1, 0.15) is 12.7 Å². The Labute approximate surface area is 151 Å². The van der Waals surface area contributed by atoms with E-state index in [1.165, 1.54) is 0 Å². The molecule has 6 heteroatoms. The van der Waals surface area contributed by atoms with Crippen molar-refractivity contribution in [3.8, 4) is 11.5 Å². The molecule has 0 radical (unpaired) electrons. The molecule has 1 saturated heterocycles. The number of β-amino-alcohol motifs (C(OH)–C–C–N with tert-alkyl or cyclic N) is 1. The number of nitrogens with one attached hydrogen (secondary N) is 1. The maximum atomic E-state index is 10.2. The minimum Gasteiger partial charge on any atom is -0.493 e. The average molecular weight is 352 g/mol. The Morgan fingerprint density at radius 1 is 1.24 bits per heavy atom. The molecule has 0 spiro atoms. The predicted molar refractivity (Wildman–Crippen MR) is 98.3 cm³/mol. The van der Waals surface area contributed by atoms with Gasteiger partial charge < -0.3 is 24.6 Å². The first-order valence-corrected chi connectivity index (χ1v) is 9.07. The molecule has 0 unspecified atom stereocenters. The van der Waals surface area contributed by atoms with Crippen molar-refractivity contribution in [1.82, 2.24) is 10.2 Å². The molecule has 1 heterocycles. The van der Waals surface area contributed by atoms with Crippen molar-refractivity contribution in [2.75, 3.05) is 53.1 Å². The first kappa shape index (κ1) is 20.0. The van der Waals surface area contributed by atoms with Crippen LogP contribution in [0.3, 0.4) is 0 Å². The zero-order valence-electron chi connectivity index (χ0n) is 15.7. The number of benzene rings is 1. The molecule has 25 heavy (non-hydrogen) atoms. The molecule has 0 bridgehead atoms. The van der Waals surface area contributed by atoms with Crippen molar-refractivity contribution in [2.45, 2.75) is 26.5 Å². The fourth-order valence-corrected chi connectivity index (χ4v) is 2.77. The summed E-state index contributed by atoms with van der Waals surface area (Å²) in [6.07, 6.45) is -0.532. The highest BCUT2D eigenvalue weighted by Crippen LogP contribution is 2.28. The van der Waals surface area contributed by atoms with Crippen LogP contribution in [0.2, 0.25) is 0 Å². The molecule has 1 atom stereocenters. The number of methoxy groups -OCH3 is 1. The van der Waals surface area contributed by atoms with Crippen molar-refractivity contribution in [2.24, 2.45) is 5.92 Å². The van der Waals surface area contributed by atoms with E-state index < -0.39 is 6.10 Å². The predicted octanol–water partition coefficient (Wildman–Crippen LogP) is 1.51. The fourth-order valence-electron chi connectivity index (χ4n) is 2.77. The third-order valence-electron chi connectivity index (χ3n) is 4.11. The molecule has 1 fully saturated rings. The number of nitrogens with zero attached hydrogens (tertiary/aromatic N) is 1. The van der Waals surface area contributed by atoms with Gasteiger partial charge in [0.25, 0.3) is 0 Å². The highest BCUT2D eigenvalue weighted by atomic mass is 16.5. The lowest BCUT2D eigenvalue weighted by Crippen LogP contribution is -2.42. The van der Waals surface area contributed by atoms with E-state index in [0.29, 0.717) is 24.0 Å². The monoisotopic (exact) mass is 352 g/mol. The molecule has 1 aliphatic rings. The zero-order chi connectivity index (χ0) is 18.1. The van der Waals surface area contributed by atoms with Gasteiger partial charge in [-0.05, 0) is 30.2 Å². The molecule has 2 rings (SSSR count). The summed E-state index contributed by atoms with van der Waals surface area (Å²) in [4.78, 5) is 2.19. The first-order valence-electron chi connectivity index (χ1n) is 9.07. The van der Waals surface area contributed by atoms with Gasteiger partial charge in [-0.25, -0.2) is 0 Å². The largest absolute Gasteiger partial charge is 0.493 e. The average Bonchev–Trinajstić information content (AvgIpc) is 2.61. The van der Waals surface area contributed by atoms with Gasteiger partial charge in [0.05, 0.1) is 20.3 Å². The first-order chi connectivity index (χ1) is 12.1. The van der Waals surface area contributed by atoms with Crippen molar-refractivity contribution in [3.05, 3.63) is 23.8 Å². The molecule has 0 saturated carbocycles. The van der Waals surface area contributed by atoms with Crippen LogP contribution in [0, 0.1) is 5.92 Å². The van der Waals surface area contributed by atoms with E-state index in [4.69, 9.17) is 14.2 Å². The number of aliphatic hydroxyl groups is 1. The van der Waals surface area contributed by atoms with Gasteiger partial charge in [-0.2, -0.15) is 0 Å². The lowest BCUT2D eigenvalue weighted by atomic mass is 10.2. The van der Waals surface area contributed by atoms with Crippen LogP contribution in [0.15, 0.2) is 18.2 Å². The second-order valence-electron chi connectivity index (χ2n) is 6.89. The topological polar surface area (TPSA) is 63.2 Å². The van der Waals surface area contributed by atoms with E-state index in [9.17, 15) is 5.11 Å². The second-order valence-corrected chi connectivity index (χ2v) is 6.89. The Morgan fingerprint density at radius 3 is 2.68 bits per heavy atom. The van der Waals surface area contributed by atoms with Crippen LogP contribution in [-0.2, 0) is 11.3 Å². The van der Waals surface area contributed by atoms with E-state index in [-0.39, 0.29) is 6.61 Å². The van der Waals surface area contributed by atoms with Gasteiger partial charge in [0.2, 0.25) is 0 Å². The van der Waals surface area contributed by atoms with Gasteiger partial charge in [0.15, 0.2) is 11.5 Å². The smallest absolute Gasteiger partial charge is 0.161 e. The number of hydrogen-bond donors (Lipinski definition) is 2. The second kappa shape index (κ2) is 10.6. The van der Waals surface area contributed by atoms with Crippen LogP contribution < -0.4 is 14.8 Å². The molecule has 0 aliphatic carbocycles. The lowest BCUT2D eigenvalue weighted by molar-refractivity contribution is 0.00445. The Hall–Kier alpha value is -1.34. The maximum Gasteiger partial charge on any atom is 0.161 e. The summed E-state index contributed by atoms with van der Waals surface area (Å²) in [5.74, 6) is 1.98. The number of morpholine rings is 1. The molecule has 0 aromatic heterocycles. The summed E-state index contributed by atoms with van der Waals surface area (Å²) >= 11 is 0. The molecule has 1 aromatic rings. The lowest BCUT2D eigenvalue weighted by Gasteiger charge is -2.28. The van der Waals surface area contributed by atoms with Crippen LogP contribution in [0.4, 0.5) is 0 Å². The molecule has 142 valence electrons. The summed E-state index contributed by atoms with van der Waals surface area (Å²) in [5, 5.41) is 13.6. The van der Waals surface area contributed by atoms with E-state index in [1.807, 2.05) is 18.2 Å². The molecule has 6 nitrogen and oxygen atoms in total. The Bertz CT molecular complexity index is 504. The Morgan fingerprint density at radius 2 is 2.00 bits per heavy atom. The summed E-state index contributed by atoms with van der Waals surface area (Å²) in [6, 6.07) is 5.92.